The van der Waals surface area contributed by atoms with E-state index in [0.717, 1.165) is 30.7 Å². The number of nitrogens with two attached hydrogens (primary N) is 1. The fourth-order valence-electron chi connectivity index (χ4n) is 2.89. The largest absolute Gasteiger partial charge is 0.328 e. The van der Waals surface area contributed by atoms with Crippen molar-refractivity contribution >= 4 is 11.7 Å². The number of hydrogen-bond acceptors (Lipinski definition) is 4. The lowest BCUT2D eigenvalue weighted by molar-refractivity contribution is -0.119. The van der Waals surface area contributed by atoms with Crippen LogP contribution in [0.3, 0.4) is 0 Å². The number of hydrogen-bond donors (Lipinski definition) is 2. The molecule has 0 aromatic carbocycles. The molecule has 22 heavy (non-hydrogen) atoms. The SMILES string of the molecule is Cc1cc(NC(=O)[C@H]2CC[C@@H](N)C2)n(Cc2ccccn2)n1. The molecular weight excluding hydrogens is 278 g/mol. The Balaban J connectivity index is 1.72. The fourth-order valence-corrected chi connectivity index (χ4v) is 2.89. The van der Waals surface area contributed by atoms with E-state index in [1.807, 2.05) is 31.2 Å². The van der Waals surface area contributed by atoms with Gasteiger partial charge < -0.3 is 11.1 Å². The predicted octanol–water partition coefficient (Wildman–Crippen LogP) is 1.70. The van der Waals surface area contributed by atoms with Crippen molar-refractivity contribution in [1.82, 2.24) is 14.8 Å². The summed E-state index contributed by atoms with van der Waals surface area (Å²) in [4.78, 5) is 16.7. The molecule has 0 aliphatic heterocycles. The van der Waals surface area contributed by atoms with Gasteiger partial charge in [0.1, 0.15) is 5.82 Å². The van der Waals surface area contributed by atoms with E-state index >= 15 is 0 Å². The molecule has 0 radical (unpaired) electrons. The zero-order valence-electron chi connectivity index (χ0n) is 12.7. The number of amides is 1. The van der Waals surface area contributed by atoms with E-state index in [1.165, 1.54) is 0 Å². The molecule has 6 nitrogen and oxygen atoms in total. The second-order valence-electron chi connectivity index (χ2n) is 5.91. The standard InChI is InChI=1S/C16H21N5O/c1-11-8-15(19-16(22)12-5-6-13(17)9-12)21(20-11)10-14-4-2-3-7-18-14/h2-4,7-8,12-13H,5-6,9-10,17H2,1H3,(H,19,22)/t12-,13+/m0/s1. The van der Waals surface area contributed by atoms with Crippen molar-refractivity contribution in [1.29, 1.82) is 0 Å². The molecule has 2 aromatic heterocycles. The quantitative estimate of drug-likeness (QED) is 0.899. The van der Waals surface area contributed by atoms with Gasteiger partial charge in [0.15, 0.2) is 0 Å². The molecule has 0 bridgehead atoms. The summed E-state index contributed by atoms with van der Waals surface area (Å²) in [6.45, 7) is 2.45. The first-order valence-corrected chi connectivity index (χ1v) is 7.62. The second kappa shape index (κ2) is 6.27. The first-order chi connectivity index (χ1) is 10.6. The van der Waals surface area contributed by atoms with Crippen LogP contribution in [-0.4, -0.2) is 26.7 Å². The Bertz CT molecular complexity index is 652. The maximum absolute atomic E-state index is 12.4. The van der Waals surface area contributed by atoms with Crippen LogP contribution in [-0.2, 0) is 11.3 Å². The van der Waals surface area contributed by atoms with Crippen LogP contribution < -0.4 is 11.1 Å². The Morgan fingerprint density at radius 2 is 2.32 bits per heavy atom. The van der Waals surface area contributed by atoms with Crippen LogP contribution in [0.15, 0.2) is 30.5 Å². The van der Waals surface area contributed by atoms with E-state index in [2.05, 4.69) is 15.4 Å². The van der Waals surface area contributed by atoms with E-state index in [-0.39, 0.29) is 17.9 Å². The Labute approximate surface area is 129 Å². The third kappa shape index (κ3) is 3.33. The van der Waals surface area contributed by atoms with Gasteiger partial charge in [-0.25, -0.2) is 4.68 Å². The fraction of sp³-hybridized carbons (Fsp3) is 0.438. The van der Waals surface area contributed by atoms with Crippen molar-refractivity contribution in [3.05, 3.63) is 41.9 Å². The van der Waals surface area contributed by atoms with Crippen LogP contribution in [0.5, 0.6) is 0 Å². The van der Waals surface area contributed by atoms with Gasteiger partial charge in [-0.15, -0.1) is 0 Å². The topological polar surface area (TPSA) is 85.8 Å². The summed E-state index contributed by atoms with van der Waals surface area (Å²) in [7, 11) is 0. The molecule has 1 saturated carbocycles. The number of rotatable bonds is 4. The summed E-state index contributed by atoms with van der Waals surface area (Å²) >= 11 is 0. The summed E-state index contributed by atoms with van der Waals surface area (Å²) in [6, 6.07) is 7.80. The summed E-state index contributed by atoms with van der Waals surface area (Å²) in [5, 5.41) is 7.43. The highest BCUT2D eigenvalue weighted by molar-refractivity contribution is 5.92. The summed E-state index contributed by atoms with van der Waals surface area (Å²) in [5.41, 5.74) is 7.66. The van der Waals surface area contributed by atoms with Gasteiger partial charge in [0.2, 0.25) is 5.91 Å². The minimum absolute atomic E-state index is 0.00788. The molecule has 0 unspecified atom stereocenters. The first kappa shape index (κ1) is 14.7. The highest BCUT2D eigenvalue weighted by atomic mass is 16.2. The van der Waals surface area contributed by atoms with E-state index in [9.17, 15) is 4.79 Å². The van der Waals surface area contributed by atoms with Crippen LogP contribution in [0.1, 0.15) is 30.7 Å². The normalized spacial score (nSPS) is 21.0. The van der Waals surface area contributed by atoms with Gasteiger partial charge in [0, 0.05) is 24.2 Å². The van der Waals surface area contributed by atoms with Crippen molar-refractivity contribution < 1.29 is 4.79 Å². The average molecular weight is 299 g/mol. The number of aryl methyl sites for hydroxylation is 1. The molecule has 2 atom stereocenters. The van der Waals surface area contributed by atoms with Gasteiger partial charge in [-0.05, 0) is 38.3 Å². The number of carbonyl (C=O) groups excluding carboxylic acids is 1. The number of anilines is 1. The number of pyridine rings is 1. The third-order valence-electron chi connectivity index (χ3n) is 4.04. The van der Waals surface area contributed by atoms with Gasteiger partial charge >= 0.3 is 0 Å². The Morgan fingerprint density at radius 3 is 3.00 bits per heavy atom. The van der Waals surface area contributed by atoms with Crippen molar-refractivity contribution in [3.8, 4) is 0 Å². The second-order valence-corrected chi connectivity index (χ2v) is 5.91. The molecular formula is C16H21N5O. The van der Waals surface area contributed by atoms with Gasteiger partial charge in [-0.3, -0.25) is 9.78 Å². The molecule has 6 heteroatoms. The van der Waals surface area contributed by atoms with Crippen LogP contribution in [0.4, 0.5) is 5.82 Å². The van der Waals surface area contributed by atoms with Crippen LogP contribution >= 0.6 is 0 Å². The van der Waals surface area contributed by atoms with Crippen LogP contribution in [0.2, 0.25) is 0 Å². The van der Waals surface area contributed by atoms with Crippen molar-refractivity contribution in [2.75, 3.05) is 5.32 Å². The lowest BCUT2D eigenvalue weighted by Crippen LogP contribution is -2.24. The van der Waals surface area contributed by atoms with Gasteiger partial charge in [-0.1, -0.05) is 6.07 Å². The molecule has 0 spiro atoms. The highest BCUT2D eigenvalue weighted by Gasteiger charge is 2.28. The molecule has 3 rings (SSSR count). The van der Waals surface area contributed by atoms with Gasteiger partial charge in [-0.2, -0.15) is 5.10 Å². The Morgan fingerprint density at radius 1 is 1.45 bits per heavy atom. The molecule has 116 valence electrons. The average Bonchev–Trinajstić information content (AvgIpc) is 3.07. The van der Waals surface area contributed by atoms with Crippen molar-refractivity contribution in [2.45, 2.75) is 38.8 Å². The lowest BCUT2D eigenvalue weighted by Gasteiger charge is -2.12. The predicted molar refractivity (Wildman–Crippen MR) is 84.2 cm³/mol. The number of nitrogens with zero attached hydrogens (tertiary/aromatic N) is 3. The van der Waals surface area contributed by atoms with Gasteiger partial charge in [0.05, 0.1) is 17.9 Å². The molecule has 2 heterocycles. The highest BCUT2D eigenvalue weighted by Crippen LogP contribution is 2.25. The van der Waals surface area contributed by atoms with E-state index in [4.69, 9.17) is 5.73 Å². The van der Waals surface area contributed by atoms with Crippen LogP contribution in [0, 0.1) is 12.8 Å². The number of carbonyl (C=O) groups is 1. The molecule has 1 aliphatic carbocycles. The zero-order chi connectivity index (χ0) is 15.5. The molecule has 1 fully saturated rings. The van der Waals surface area contributed by atoms with E-state index in [1.54, 1.807) is 10.9 Å². The minimum atomic E-state index is 0.00788. The molecule has 0 saturated heterocycles. The summed E-state index contributed by atoms with van der Waals surface area (Å²) in [5.74, 6) is 0.761. The summed E-state index contributed by atoms with van der Waals surface area (Å²) < 4.78 is 1.78. The first-order valence-electron chi connectivity index (χ1n) is 7.62. The van der Waals surface area contributed by atoms with Crippen molar-refractivity contribution in [2.24, 2.45) is 11.7 Å². The number of aromatic nitrogens is 3. The molecule has 1 amide bonds. The van der Waals surface area contributed by atoms with Crippen molar-refractivity contribution in [3.63, 3.8) is 0 Å². The van der Waals surface area contributed by atoms with Gasteiger partial charge in [0.25, 0.3) is 0 Å². The number of nitrogens with one attached hydrogen (secondary N) is 1. The Hall–Kier alpha value is -2.21. The zero-order valence-corrected chi connectivity index (χ0v) is 12.7. The third-order valence-corrected chi connectivity index (χ3v) is 4.04. The molecule has 3 N–H and O–H groups in total. The Kier molecular flexibility index (Phi) is 4.20. The maximum Gasteiger partial charge on any atom is 0.228 e. The smallest absolute Gasteiger partial charge is 0.228 e. The maximum atomic E-state index is 12.4. The molecule has 2 aromatic rings. The summed E-state index contributed by atoms with van der Waals surface area (Å²) in [6.07, 6.45) is 4.30. The van der Waals surface area contributed by atoms with E-state index < -0.39 is 0 Å². The monoisotopic (exact) mass is 299 g/mol. The van der Waals surface area contributed by atoms with Crippen LogP contribution in [0.25, 0.3) is 0 Å². The van der Waals surface area contributed by atoms with E-state index in [0.29, 0.717) is 12.4 Å². The lowest BCUT2D eigenvalue weighted by atomic mass is 10.1. The minimum Gasteiger partial charge on any atom is -0.328 e. The molecule has 1 aliphatic rings.